The lowest BCUT2D eigenvalue weighted by molar-refractivity contribution is -0.124. The lowest BCUT2D eigenvalue weighted by Gasteiger charge is -2.41. The molecule has 1 aliphatic heterocycles. The molecule has 1 aromatic rings. The second-order valence-electron chi connectivity index (χ2n) is 6.90. The first-order valence-electron chi connectivity index (χ1n) is 8.95. The van der Waals surface area contributed by atoms with Crippen LogP contribution in [0.5, 0.6) is 5.75 Å². The van der Waals surface area contributed by atoms with Crippen molar-refractivity contribution >= 4 is 5.91 Å². The van der Waals surface area contributed by atoms with Crippen molar-refractivity contribution in [2.45, 2.75) is 57.7 Å². The molecule has 2 aliphatic rings. The van der Waals surface area contributed by atoms with Gasteiger partial charge in [0.1, 0.15) is 5.75 Å². The topological polar surface area (TPSA) is 59.6 Å². The van der Waals surface area contributed by atoms with E-state index in [1.807, 2.05) is 32.0 Å². The van der Waals surface area contributed by atoms with Crippen LogP contribution < -0.4 is 15.4 Å². The van der Waals surface area contributed by atoms with E-state index < -0.39 is 0 Å². The molecule has 1 aliphatic carbocycles. The molecular formula is C19H28N2O3. The molecule has 3 rings (SSSR count). The van der Waals surface area contributed by atoms with Gasteiger partial charge >= 0.3 is 0 Å². The molecule has 132 valence electrons. The SMILES string of the molecule is Cc1cccc(OCC(=O)NC2CCC2NC2CCOCC2)c1C. The minimum Gasteiger partial charge on any atom is -0.483 e. The number of carbonyl (C=O) groups excluding carboxylic acids is 1. The molecule has 1 saturated heterocycles. The van der Waals surface area contributed by atoms with E-state index in [2.05, 4.69) is 10.6 Å². The van der Waals surface area contributed by atoms with Crippen LogP contribution in [0.15, 0.2) is 18.2 Å². The van der Waals surface area contributed by atoms with Crippen molar-refractivity contribution in [2.24, 2.45) is 0 Å². The molecule has 1 saturated carbocycles. The van der Waals surface area contributed by atoms with Crippen molar-refractivity contribution in [3.63, 3.8) is 0 Å². The second kappa shape index (κ2) is 7.99. The molecule has 1 amide bonds. The van der Waals surface area contributed by atoms with Crippen LogP contribution in [0.2, 0.25) is 0 Å². The smallest absolute Gasteiger partial charge is 0.258 e. The molecule has 0 spiro atoms. The van der Waals surface area contributed by atoms with E-state index in [0.29, 0.717) is 12.1 Å². The Kier molecular flexibility index (Phi) is 5.74. The van der Waals surface area contributed by atoms with Gasteiger partial charge in [-0.3, -0.25) is 4.79 Å². The van der Waals surface area contributed by atoms with Crippen LogP contribution >= 0.6 is 0 Å². The number of aryl methyl sites for hydroxylation is 1. The number of rotatable bonds is 6. The largest absolute Gasteiger partial charge is 0.483 e. The van der Waals surface area contributed by atoms with Gasteiger partial charge in [0.25, 0.3) is 5.91 Å². The van der Waals surface area contributed by atoms with Gasteiger partial charge in [-0.2, -0.15) is 0 Å². The zero-order valence-electron chi connectivity index (χ0n) is 14.6. The molecule has 5 nitrogen and oxygen atoms in total. The summed E-state index contributed by atoms with van der Waals surface area (Å²) in [6.07, 6.45) is 4.29. The summed E-state index contributed by atoms with van der Waals surface area (Å²) in [5.41, 5.74) is 2.26. The summed E-state index contributed by atoms with van der Waals surface area (Å²) in [6.45, 7) is 5.81. The van der Waals surface area contributed by atoms with E-state index in [0.717, 1.165) is 50.2 Å². The summed E-state index contributed by atoms with van der Waals surface area (Å²) in [4.78, 5) is 12.2. The van der Waals surface area contributed by atoms with Gasteiger partial charge in [-0.1, -0.05) is 12.1 Å². The van der Waals surface area contributed by atoms with Gasteiger partial charge in [0, 0.05) is 31.3 Å². The van der Waals surface area contributed by atoms with Crippen LogP contribution in [-0.4, -0.2) is 43.9 Å². The Morgan fingerprint density at radius 3 is 2.62 bits per heavy atom. The maximum absolute atomic E-state index is 12.2. The highest BCUT2D eigenvalue weighted by Crippen LogP contribution is 2.23. The number of ether oxygens (including phenoxy) is 2. The first kappa shape index (κ1) is 17.2. The first-order chi connectivity index (χ1) is 11.6. The second-order valence-corrected chi connectivity index (χ2v) is 6.90. The highest BCUT2D eigenvalue weighted by atomic mass is 16.5. The third-order valence-electron chi connectivity index (χ3n) is 5.21. The molecule has 24 heavy (non-hydrogen) atoms. The fraction of sp³-hybridized carbons (Fsp3) is 0.632. The molecule has 0 radical (unpaired) electrons. The van der Waals surface area contributed by atoms with Crippen LogP contribution in [0.4, 0.5) is 0 Å². The molecule has 0 aromatic heterocycles. The van der Waals surface area contributed by atoms with Gasteiger partial charge < -0.3 is 20.1 Å². The van der Waals surface area contributed by atoms with Gasteiger partial charge in [-0.05, 0) is 56.7 Å². The molecule has 5 heteroatoms. The molecule has 2 N–H and O–H groups in total. The van der Waals surface area contributed by atoms with E-state index in [1.165, 1.54) is 5.56 Å². The van der Waals surface area contributed by atoms with Crippen molar-refractivity contribution in [3.8, 4) is 5.75 Å². The lowest BCUT2D eigenvalue weighted by Crippen LogP contribution is -2.60. The van der Waals surface area contributed by atoms with E-state index in [9.17, 15) is 4.79 Å². The van der Waals surface area contributed by atoms with Crippen LogP contribution in [0.1, 0.15) is 36.8 Å². The van der Waals surface area contributed by atoms with Crippen molar-refractivity contribution in [3.05, 3.63) is 29.3 Å². The number of amides is 1. The van der Waals surface area contributed by atoms with Gasteiger partial charge in [0.15, 0.2) is 6.61 Å². The summed E-state index contributed by atoms with van der Waals surface area (Å²) < 4.78 is 11.1. The maximum Gasteiger partial charge on any atom is 0.258 e. The summed E-state index contributed by atoms with van der Waals surface area (Å²) in [5, 5.41) is 6.77. The van der Waals surface area contributed by atoms with E-state index >= 15 is 0 Å². The highest BCUT2D eigenvalue weighted by Gasteiger charge is 2.33. The average molecular weight is 332 g/mol. The summed E-state index contributed by atoms with van der Waals surface area (Å²) in [6, 6.07) is 7.04. The standard InChI is InChI=1S/C19H28N2O3/c1-13-4-3-5-18(14(13)2)24-12-19(22)21-17-7-6-16(17)20-15-8-10-23-11-9-15/h3-5,15-17,20H,6-12H2,1-2H3,(H,21,22). The van der Waals surface area contributed by atoms with Crippen molar-refractivity contribution in [1.82, 2.24) is 10.6 Å². The van der Waals surface area contributed by atoms with E-state index in [4.69, 9.17) is 9.47 Å². The number of nitrogens with one attached hydrogen (secondary N) is 2. The molecule has 2 atom stereocenters. The highest BCUT2D eigenvalue weighted by molar-refractivity contribution is 5.78. The number of hydrogen-bond donors (Lipinski definition) is 2. The van der Waals surface area contributed by atoms with Crippen molar-refractivity contribution in [1.29, 1.82) is 0 Å². The third-order valence-corrected chi connectivity index (χ3v) is 5.21. The molecule has 0 bridgehead atoms. The van der Waals surface area contributed by atoms with Crippen molar-refractivity contribution in [2.75, 3.05) is 19.8 Å². The van der Waals surface area contributed by atoms with Crippen molar-refractivity contribution < 1.29 is 14.3 Å². The predicted molar refractivity (Wildman–Crippen MR) is 93.3 cm³/mol. The van der Waals surface area contributed by atoms with Crippen LogP contribution in [-0.2, 0) is 9.53 Å². The zero-order chi connectivity index (χ0) is 16.9. The monoisotopic (exact) mass is 332 g/mol. The Morgan fingerprint density at radius 2 is 1.92 bits per heavy atom. The molecule has 2 fully saturated rings. The zero-order valence-corrected chi connectivity index (χ0v) is 14.6. The maximum atomic E-state index is 12.2. The number of hydrogen-bond acceptors (Lipinski definition) is 4. The van der Waals surface area contributed by atoms with Crippen LogP contribution in [0, 0.1) is 13.8 Å². The minimum atomic E-state index is -0.0422. The normalized spacial score (nSPS) is 24.2. The fourth-order valence-corrected chi connectivity index (χ4v) is 3.31. The predicted octanol–water partition coefficient (Wildman–Crippen LogP) is 2.10. The van der Waals surface area contributed by atoms with Gasteiger partial charge in [-0.15, -0.1) is 0 Å². The van der Waals surface area contributed by atoms with Gasteiger partial charge in [0.2, 0.25) is 0 Å². The summed E-state index contributed by atoms with van der Waals surface area (Å²) in [5.74, 6) is 0.745. The Morgan fingerprint density at radius 1 is 1.17 bits per heavy atom. The molecular weight excluding hydrogens is 304 g/mol. The number of benzene rings is 1. The van der Waals surface area contributed by atoms with Gasteiger partial charge in [0.05, 0.1) is 0 Å². The third kappa shape index (κ3) is 4.28. The number of carbonyl (C=O) groups is 1. The fourth-order valence-electron chi connectivity index (χ4n) is 3.31. The lowest BCUT2D eigenvalue weighted by atomic mass is 9.85. The first-order valence-corrected chi connectivity index (χ1v) is 8.95. The average Bonchev–Trinajstić information content (AvgIpc) is 2.59. The van der Waals surface area contributed by atoms with Crippen LogP contribution in [0.3, 0.4) is 0 Å². The van der Waals surface area contributed by atoms with E-state index in [-0.39, 0.29) is 18.6 Å². The summed E-state index contributed by atoms with van der Waals surface area (Å²) >= 11 is 0. The molecule has 1 heterocycles. The Bertz CT molecular complexity index is 570. The van der Waals surface area contributed by atoms with E-state index in [1.54, 1.807) is 0 Å². The quantitative estimate of drug-likeness (QED) is 0.837. The van der Waals surface area contributed by atoms with Gasteiger partial charge in [-0.25, -0.2) is 0 Å². The van der Waals surface area contributed by atoms with Crippen LogP contribution in [0.25, 0.3) is 0 Å². The molecule has 2 unspecified atom stereocenters. The summed E-state index contributed by atoms with van der Waals surface area (Å²) in [7, 11) is 0. The Balaban J connectivity index is 1.42. The Hall–Kier alpha value is -1.59. The minimum absolute atomic E-state index is 0.0422. The molecule has 1 aromatic carbocycles. The Labute approximate surface area is 144 Å².